The standard InChI is InChI=1S/C17H13N3O4/c1-11-15(17(21)22)16(12-7-9-14(10-8-12)20(23)24)19(18-11)13-5-3-2-4-6-13/h2-10H,1H3,(H,21,22). The highest BCUT2D eigenvalue weighted by atomic mass is 16.6. The van der Waals surface area contributed by atoms with Crippen LogP contribution in [0.2, 0.25) is 0 Å². The number of hydrogen-bond donors (Lipinski definition) is 1. The molecule has 0 unspecified atom stereocenters. The number of nitro groups is 1. The molecule has 0 spiro atoms. The zero-order valence-electron chi connectivity index (χ0n) is 12.7. The molecule has 7 nitrogen and oxygen atoms in total. The summed E-state index contributed by atoms with van der Waals surface area (Å²) in [4.78, 5) is 22.0. The van der Waals surface area contributed by atoms with E-state index in [4.69, 9.17) is 0 Å². The van der Waals surface area contributed by atoms with Crippen molar-refractivity contribution in [3.63, 3.8) is 0 Å². The van der Waals surface area contributed by atoms with Crippen molar-refractivity contribution in [1.29, 1.82) is 0 Å². The van der Waals surface area contributed by atoms with Crippen molar-refractivity contribution in [2.75, 3.05) is 0 Å². The van der Waals surface area contributed by atoms with E-state index in [0.29, 0.717) is 22.6 Å². The van der Waals surface area contributed by atoms with Crippen LogP contribution in [0.5, 0.6) is 0 Å². The maximum absolute atomic E-state index is 11.7. The first-order valence-electron chi connectivity index (χ1n) is 7.12. The number of nitro benzene ring substituents is 1. The van der Waals surface area contributed by atoms with Gasteiger partial charge in [-0.15, -0.1) is 0 Å². The van der Waals surface area contributed by atoms with Gasteiger partial charge in [-0.3, -0.25) is 10.1 Å². The molecule has 3 aromatic rings. The third-order valence-electron chi connectivity index (χ3n) is 3.63. The van der Waals surface area contributed by atoms with Gasteiger partial charge in [-0.05, 0) is 31.2 Å². The Morgan fingerprint density at radius 3 is 2.29 bits per heavy atom. The SMILES string of the molecule is Cc1nn(-c2ccccc2)c(-c2ccc([N+](=O)[O-])cc2)c1C(=O)O. The molecule has 3 rings (SSSR count). The van der Waals surface area contributed by atoms with Gasteiger partial charge < -0.3 is 5.11 Å². The number of aryl methyl sites for hydroxylation is 1. The van der Waals surface area contributed by atoms with Gasteiger partial charge in [-0.1, -0.05) is 18.2 Å². The van der Waals surface area contributed by atoms with Gasteiger partial charge in [-0.2, -0.15) is 5.10 Å². The fourth-order valence-electron chi connectivity index (χ4n) is 2.55. The summed E-state index contributed by atoms with van der Waals surface area (Å²) in [5.41, 5.74) is 2.04. The summed E-state index contributed by atoms with van der Waals surface area (Å²) in [6, 6.07) is 14.9. The van der Waals surface area contributed by atoms with Gasteiger partial charge in [0.25, 0.3) is 5.69 Å². The number of aromatic carboxylic acids is 1. The number of para-hydroxylation sites is 1. The summed E-state index contributed by atoms with van der Waals surface area (Å²) in [6.07, 6.45) is 0. The number of carboxylic acids is 1. The lowest BCUT2D eigenvalue weighted by Gasteiger charge is -2.08. The predicted molar refractivity (Wildman–Crippen MR) is 87.4 cm³/mol. The molecule has 0 radical (unpaired) electrons. The molecular weight excluding hydrogens is 310 g/mol. The zero-order chi connectivity index (χ0) is 17.3. The van der Waals surface area contributed by atoms with Crippen LogP contribution in [0.1, 0.15) is 16.1 Å². The molecule has 0 aliphatic carbocycles. The van der Waals surface area contributed by atoms with Crippen LogP contribution in [0.25, 0.3) is 16.9 Å². The molecule has 0 amide bonds. The molecular formula is C17H13N3O4. The van der Waals surface area contributed by atoms with E-state index in [1.165, 1.54) is 24.3 Å². The monoisotopic (exact) mass is 323 g/mol. The number of hydrogen-bond acceptors (Lipinski definition) is 4. The molecule has 0 bridgehead atoms. The number of nitrogens with zero attached hydrogens (tertiary/aromatic N) is 3. The van der Waals surface area contributed by atoms with Crippen LogP contribution in [0.4, 0.5) is 5.69 Å². The topological polar surface area (TPSA) is 98.3 Å². The van der Waals surface area contributed by atoms with E-state index < -0.39 is 10.9 Å². The molecule has 1 aromatic heterocycles. The summed E-state index contributed by atoms with van der Waals surface area (Å²) < 4.78 is 1.54. The number of rotatable bonds is 4. The molecule has 7 heteroatoms. The number of benzene rings is 2. The Morgan fingerprint density at radius 1 is 1.12 bits per heavy atom. The van der Waals surface area contributed by atoms with Gasteiger partial charge >= 0.3 is 5.97 Å². The van der Waals surface area contributed by atoms with Crippen LogP contribution < -0.4 is 0 Å². The van der Waals surface area contributed by atoms with E-state index in [2.05, 4.69) is 5.10 Å². The highest BCUT2D eigenvalue weighted by Crippen LogP contribution is 2.30. The van der Waals surface area contributed by atoms with E-state index in [1.807, 2.05) is 30.3 Å². The van der Waals surface area contributed by atoms with Gasteiger partial charge in [0.15, 0.2) is 0 Å². The van der Waals surface area contributed by atoms with E-state index in [-0.39, 0.29) is 11.3 Å². The molecule has 0 saturated carbocycles. The Labute approximate surface area is 136 Å². The van der Waals surface area contributed by atoms with Crippen molar-refractivity contribution in [1.82, 2.24) is 9.78 Å². The van der Waals surface area contributed by atoms with E-state index in [1.54, 1.807) is 11.6 Å². The van der Waals surface area contributed by atoms with Crippen molar-refractivity contribution in [2.45, 2.75) is 6.92 Å². The molecule has 0 aliphatic heterocycles. The van der Waals surface area contributed by atoms with Crippen molar-refractivity contribution in [3.8, 4) is 16.9 Å². The first kappa shape index (κ1) is 15.4. The quantitative estimate of drug-likeness (QED) is 0.585. The maximum Gasteiger partial charge on any atom is 0.339 e. The zero-order valence-corrected chi connectivity index (χ0v) is 12.7. The fourth-order valence-corrected chi connectivity index (χ4v) is 2.55. The number of non-ortho nitro benzene ring substituents is 1. The Kier molecular flexibility index (Phi) is 3.83. The number of aromatic nitrogens is 2. The molecule has 24 heavy (non-hydrogen) atoms. The Bertz CT molecular complexity index is 915. The van der Waals surface area contributed by atoms with Gasteiger partial charge in [0, 0.05) is 17.7 Å². The Hall–Kier alpha value is -3.48. The second-order valence-electron chi connectivity index (χ2n) is 5.17. The molecule has 1 N–H and O–H groups in total. The molecule has 0 saturated heterocycles. The van der Waals surface area contributed by atoms with Crippen LogP contribution in [0.15, 0.2) is 54.6 Å². The average Bonchev–Trinajstić information content (AvgIpc) is 2.93. The first-order valence-corrected chi connectivity index (χ1v) is 7.12. The molecule has 0 fully saturated rings. The smallest absolute Gasteiger partial charge is 0.339 e. The minimum Gasteiger partial charge on any atom is -0.478 e. The van der Waals surface area contributed by atoms with Gasteiger partial charge in [0.05, 0.1) is 22.0 Å². The largest absolute Gasteiger partial charge is 0.478 e. The number of carbonyl (C=O) groups is 1. The molecule has 2 aromatic carbocycles. The Morgan fingerprint density at radius 2 is 1.75 bits per heavy atom. The van der Waals surface area contributed by atoms with Crippen LogP contribution in [0, 0.1) is 17.0 Å². The summed E-state index contributed by atoms with van der Waals surface area (Å²) in [6.45, 7) is 1.62. The third-order valence-corrected chi connectivity index (χ3v) is 3.63. The highest BCUT2D eigenvalue weighted by Gasteiger charge is 2.23. The van der Waals surface area contributed by atoms with Gasteiger partial charge in [0.1, 0.15) is 5.56 Å². The lowest BCUT2D eigenvalue weighted by Crippen LogP contribution is -2.03. The summed E-state index contributed by atoms with van der Waals surface area (Å²) in [7, 11) is 0. The van der Waals surface area contributed by atoms with E-state index in [0.717, 1.165) is 0 Å². The molecule has 0 aliphatic rings. The normalized spacial score (nSPS) is 10.5. The Balaban J connectivity index is 2.25. The summed E-state index contributed by atoms with van der Waals surface area (Å²) in [5, 5.41) is 24.7. The van der Waals surface area contributed by atoms with Crippen molar-refractivity contribution in [2.24, 2.45) is 0 Å². The van der Waals surface area contributed by atoms with Gasteiger partial charge in [0.2, 0.25) is 0 Å². The first-order chi connectivity index (χ1) is 11.5. The average molecular weight is 323 g/mol. The van der Waals surface area contributed by atoms with Crippen LogP contribution in [-0.2, 0) is 0 Å². The van der Waals surface area contributed by atoms with Crippen molar-refractivity contribution < 1.29 is 14.8 Å². The van der Waals surface area contributed by atoms with Crippen LogP contribution in [-0.4, -0.2) is 25.8 Å². The minimum atomic E-state index is -1.09. The molecule has 1 heterocycles. The second kappa shape index (κ2) is 5.96. The van der Waals surface area contributed by atoms with Crippen molar-refractivity contribution in [3.05, 3.63) is 76.0 Å². The lowest BCUT2D eigenvalue weighted by molar-refractivity contribution is -0.384. The highest BCUT2D eigenvalue weighted by molar-refractivity contribution is 5.96. The summed E-state index contributed by atoms with van der Waals surface area (Å²) in [5.74, 6) is -1.09. The molecule has 120 valence electrons. The third kappa shape index (κ3) is 2.63. The van der Waals surface area contributed by atoms with Crippen LogP contribution >= 0.6 is 0 Å². The van der Waals surface area contributed by atoms with Gasteiger partial charge in [-0.25, -0.2) is 9.48 Å². The van der Waals surface area contributed by atoms with E-state index >= 15 is 0 Å². The van der Waals surface area contributed by atoms with Crippen LogP contribution in [0.3, 0.4) is 0 Å². The predicted octanol–water partition coefficient (Wildman–Crippen LogP) is 3.45. The fraction of sp³-hybridized carbons (Fsp3) is 0.0588. The summed E-state index contributed by atoms with van der Waals surface area (Å²) >= 11 is 0. The van der Waals surface area contributed by atoms with E-state index in [9.17, 15) is 20.0 Å². The van der Waals surface area contributed by atoms with Crippen molar-refractivity contribution >= 4 is 11.7 Å². The number of carboxylic acid groups (broad SMARTS) is 1. The molecule has 0 atom stereocenters. The lowest BCUT2D eigenvalue weighted by atomic mass is 10.1. The maximum atomic E-state index is 11.7. The minimum absolute atomic E-state index is 0.0573. The second-order valence-corrected chi connectivity index (χ2v) is 5.17.